The monoisotopic (exact) mass is 233 g/mol. The number of rotatable bonds is 5. The summed E-state index contributed by atoms with van der Waals surface area (Å²) in [4.78, 5) is 13.1. The summed E-state index contributed by atoms with van der Waals surface area (Å²) in [5, 5.41) is 19.1. The number of esters is 1. The number of nitrogens with zero attached hydrogens (tertiary/aromatic N) is 1. The van der Waals surface area contributed by atoms with Crippen molar-refractivity contribution in [3.8, 4) is 0 Å². The zero-order chi connectivity index (χ0) is 12.9. The van der Waals surface area contributed by atoms with E-state index in [1.165, 1.54) is 0 Å². The summed E-state index contributed by atoms with van der Waals surface area (Å²) >= 11 is 0. The molecule has 0 aliphatic heterocycles. The van der Waals surface area contributed by atoms with Gasteiger partial charge in [0.15, 0.2) is 0 Å². The van der Waals surface area contributed by atoms with Crippen LogP contribution in [0.4, 0.5) is 0 Å². The molecule has 0 aromatic heterocycles. The molecule has 16 heavy (non-hydrogen) atoms. The molecule has 5 nitrogen and oxygen atoms in total. The Bertz CT molecular complexity index is 223. The van der Waals surface area contributed by atoms with Crippen molar-refractivity contribution in [2.75, 3.05) is 20.6 Å². The van der Waals surface area contributed by atoms with Gasteiger partial charge in [0.05, 0.1) is 18.6 Å². The van der Waals surface area contributed by atoms with E-state index >= 15 is 0 Å². The van der Waals surface area contributed by atoms with Gasteiger partial charge >= 0.3 is 5.97 Å². The van der Waals surface area contributed by atoms with Gasteiger partial charge in [0.25, 0.3) is 0 Å². The lowest BCUT2D eigenvalue weighted by molar-refractivity contribution is -0.159. The zero-order valence-electron chi connectivity index (χ0n) is 10.7. The molecule has 2 N–H and O–H groups in total. The van der Waals surface area contributed by atoms with Gasteiger partial charge in [0.1, 0.15) is 5.60 Å². The minimum absolute atomic E-state index is 0.188. The van der Waals surface area contributed by atoms with Crippen LogP contribution in [-0.4, -0.2) is 59.5 Å². The van der Waals surface area contributed by atoms with Crippen LogP contribution in [0.3, 0.4) is 0 Å². The fraction of sp³-hybridized carbons (Fsp3) is 0.909. The average molecular weight is 233 g/mol. The van der Waals surface area contributed by atoms with E-state index in [4.69, 9.17) is 4.74 Å². The van der Waals surface area contributed by atoms with E-state index in [0.29, 0.717) is 6.54 Å². The zero-order valence-corrected chi connectivity index (χ0v) is 10.7. The number of aliphatic hydroxyl groups excluding tert-OH is 2. The number of carbonyl (C=O) groups is 1. The van der Waals surface area contributed by atoms with Gasteiger partial charge < -0.3 is 19.8 Å². The molecule has 0 aromatic carbocycles. The minimum Gasteiger partial charge on any atom is -0.460 e. The molecule has 0 bridgehead atoms. The van der Waals surface area contributed by atoms with Crippen molar-refractivity contribution in [1.82, 2.24) is 4.90 Å². The number of hydrogen-bond donors (Lipinski definition) is 2. The van der Waals surface area contributed by atoms with Crippen LogP contribution < -0.4 is 0 Å². The van der Waals surface area contributed by atoms with Gasteiger partial charge in [-0.15, -0.1) is 0 Å². The first-order valence-corrected chi connectivity index (χ1v) is 5.34. The maximum absolute atomic E-state index is 11.4. The van der Waals surface area contributed by atoms with Crippen LogP contribution in [0.25, 0.3) is 0 Å². The first-order chi connectivity index (χ1) is 7.11. The van der Waals surface area contributed by atoms with Gasteiger partial charge in [-0.3, -0.25) is 4.79 Å². The molecule has 0 spiro atoms. The third kappa shape index (κ3) is 7.62. The summed E-state index contributed by atoms with van der Waals surface area (Å²) in [6.45, 7) is 5.58. The standard InChI is InChI=1S/C11H23NO4/c1-11(2,3)16-10(15)6-8(13)9(14)7-12(4)5/h8-9,13-14H,6-7H2,1-5H3/t8-,9-/m1/s1. The highest BCUT2D eigenvalue weighted by Crippen LogP contribution is 2.10. The van der Waals surface area contributed by atoms with E-state index < -0.39 is 23.8 Å². The highest BCUT2D eigenvalue weighted by molar-refractivity contribution is 5.70. The van der Waals surface area contributed by atoms with E-state index in [1.807, 2.05) is 0 Å². The van der Waals surface area contributed by atoms with Gasteiger partial charge in [0.2, 0.25) is 0 Å². The molecule has 0 radical (unpaired) electrons. The highest BCUT2D eigenvalue weighted by atomic mass is 16.6. The number of ether oxygens (including phenoxy) is 1. The molecule has 0 aliphatic carbocycles. The minimum atomic E-state index is -1.09. The lowest BCUT2D eigenvalue weighted by Gasteiger charge is -2.23. The topological polar surface area (TPSA) is 70.0 Å². The lowest BCUT2D eigenvalue weighted by atomic mass is 10.1. The summed E-state index contributed by atoms with van der Waals surface area (Å²) in [5.74, 6) is -0.502. The third-order valence-corrected chi connectivity index (χ3v) is 1.79. The van der Waals surface area contributed by atoms with Gasteiger partial charge in [-0.1, -0.05) is 0 Å². The SMILES string of the molecule is CN(C)C[C@@H](O)[C@H](O)CC(=O)OC(C)(C)C. The summed E-state index contributed by atoms with van der Waals surface area (Å²) in [6, 6.07) is 0. The molecular formula is C11H23NO4. The predicted molar refractivity (Wildman–Crippen MR) is 61.0 cm³/mol. The Balaban J connectivity index is 4.04. The van der Waals surface area contributed by atoms with Crippen molar-refractivity contribution in [2.24, 2.45) is 0 Å². The van der Waals surface area contributed by atoms with Crippen LogP contribution in [0, 0.1) is 0 Å². The molecule has 0 aromatic rings. The number of aliphatic hydroxyl groups is 2. The Morgan fingerprint density at radius 3 is 2.12 bits per heavy atom. The molecule has 96 valence electrons. The molecule has 5 heteroatoms. The van der Waals surface area contributed by atoms with Gasteiger partial charge in [-0.25, -0.2) is 0 Å². The first kappa shape index (κ1) is 15.3. The Kier molecular flexibility index (Phi) is 5.92. The van der Waals surface area contributed by atoms with Gasteiger partial charge in [-0.2, -0.15) is 0 Å². The fourth-order valence-corrected chi connectivity index (χ4v) is 1.19. The second-order valence-corrected chi connectivity index (χ2v) is 5.19. The van der Waals surface area contributed by atoms with Crippen LogP contribution in [-0.2, 0) is 9.53 Å². The Morgan fingerprint density at radius 2 is 1.75 bits per heavy atom. The van der Waals surface area contributed by atoms with Crippen LogP contribution in [0.1, 0.15) is 27.2 Å². The van der Waals surface area contributed by atoms with Crippen LogP contribution in [0.15, 0.2) is 0 Å². The van der Waals surface area contributed by atoms with Gasteiger partial charge in [-0.05, 0) is 34.9 Å². The number of hydrogen-bond acceptors (Lipinski definition) is 5. The van der Waals surface area contributed by atoms with Crippen molar-refractivity contribution in [1.29, 1.82) is 0 Å². The Morgan fingerprint density at radius 1 is 1.25 bits per heavy atom. The maximum Gasteiger partial charge on any atom is 0.309 e. The summed E-state index contributed by atoms with van der Waals surface area (Å²) in [7, 11) is 3.56. The van der Waals surface area contributed by atoms with Crippen molar-refractivity contribution in [3.63, 3.8) is 0 Å². The van der Waals surface area contributed by atoms with Crippen LogP contribution in [0.5, 0.6) is 0 Å². The highest BCUT2D eigenvalue weighted by Gasteiger charge is 2.24. The van der Waals surface area contributed by atoms with Gasteiger partial charge in [0, 0.05) is 6.54 Å². The molecule has 0 rings (SSSR count). The average Bonchev–Trinajstić information content (AvgIpc) is 1.98. The van der Waals surface area contributed by atoms with Crippen molar-refractivity contribution in [2.45, 2.75) is 45.0 Å². The molecule has 2 atom stereocenters. The Labute approximate surface area is 97.0 Å². The molecule has 0 saturated heterocycles. The molecule has 0 fully saturated rings. The van der Waals surface area contributed by atoms with E-state index in [9.17, 15) is 15.0 Å². The summed E-state index contributed by atoms with van der Waals surface area (Å²) in [5.41, 5.74) is -0.566. The quantitative estimate of drug-likeness (QED) is 0.654. The number of carbonyl (C=O) groups excluding carboxylic acids is 1. The van der Waals surface area contributed by atoms with E-state index in [2.05, 4.69) is 0 Å². The number of likely N-dealkylation sites (N-methyl/N-ethyl adjacent to an activating group) is 1. The largest absolute Gasteiger partial charge is 0.460 e. The molecule has 0 heterocycles. The fourth-order valence-electron chi connectivity index (χ4n) is 1.19. The summed E-state index contributed by atoms with van der Waals surface area (Å²) < 4.78 is 5.04. The first-order valence-electron chi connectivity index (χ1n) is 5.34. The summed E-state index contributed by atoms with van der Waals surface area (Å²) in [6.07, 6.45) is -2.22. The molecular weight excluding hydrogens is 210 g/mol. The lowest BCUT2D eigenvalue weighted by Crippen LogP contribution is -2.38. The molecule has 0 amide bonds. The Hall–Kier alpha value is -0.650. The second-order valence-electron chi connectivity index (χ2n) is 5.19. The maximum atomic E-state index is 11.4. The smallest absolute Gasteiger partial charge is 0.309 e. The third-order valence-electron chi connectivity index (χ3n) is 1.79. The second kappa shape index (κ2) is 6.18. The van der Waals surface area contributed by atoms with Crippen molar-refractivity contribution in [3.05, 3.63) is 0 Å². The van der Waals surface area contributed by atoms with E-state index in [0.717, 1.165) is 0 Å². The normalized spacial score (nSPS) is 16.0. The van der Waals surface area contributed by atoms with Crippen molar-refractivity contribution >= 4 is 5.97 Å². The van der Waals surface area contributed by atoms with Crippen molar-refractivity contribution < 1.29 is 19.7 Å². The van der Waals surface area contributed by atoms with Crippen LogP contribution >= 0.6 is 0 Å². The molecule has 0 saturated carbocycles. The molecule has 0 aliphatic rings. The predicted octanol–water partition coefficient (Wildman–Crippen LogP) is 0.00160. The van der Waals surface area contributed by atoms with Crippen LogP contribution in [0.2, 0.25) is 0 Å². The van der Waals surface area contributed by atoms with E-state index in [-0.39, 0.29) is 6.42 Å². The van der Waals surface area contributed by atoms with E-state index in [1.54, 1.807) is 39.8 Å². The molecule has 0 unspecified atom stereocenters.